The zero-order valence-electron chi connectivity index (χ0n) is 15.1. The van der Waals surface area contributed by atoms with Gasteiger partial charge in [-0.3, -0.25) is 4.98 Å². The Bertz CT molecular complexity index is 1010. The van der Waals surface area contributed by atoms with E-state index in [0.717, 1.165) is 10.8 Å². The number of para-hydroxylation sites is 1. The van der Waals surface area contributed by atoms with Gasteiger partial charge in [0.1, 0.15) is 5.60 Å². The van der Waals surface area contributed by atoms with Crippen LogP contribution in [-0.4, -0.2) is 16.6 Å². The third-order valence-electron chi connectivity index (χ3n) is 4.68. The molecule has 1 atom stereocenters. The minimum atomic E-state index is -0.585. The second-order valence-electron chi connectivity index (χ2n) is 7.28. The number of anilines is 1. The first-order chi connectivity index (χ1) is 12.9. The largest absolute Gasteiger partial charge is 0.484 e. The quantitative estimate of drug-likeness (QED) is 0.686. The second kappa shape index (κ2) is 6.54. The van der Waals surface area contributed by atoms with Crippen LogP contribution in [0.4, 0.5) is 14.9 Å². The van der Waals surface area contributed by atoms with Crippen LogP contribution >= 0.6 is 0 Å². The Morgan fingerprint density at radius 2 is 2.04 bits per heavy atom. The van der Waals surface area contributed by atoms with Gasteiger partial charge in [0, 0.05) is 35.2 Å². The normalized spacial score (nSPS) is 17.7. The molecule has 1 aliphatic rings. The predicted octanol–water partition coefficient (Wildman–Crippen LogP) is 4.80. The van der Waals surface area contributed by atoms with Crippen molar-refractivity contribution in [3.05, 3.63) is 66.2 Å². The number of halogens is 1. The van der Waals surface area contributed by atoms with Gasteiger partial charge in [0.15, 0.2) is 11.6 Å². The maximum Gasteiger partial charge on any atom is 0.319 e. The lowest BCUT2D eigenvalue weighted by molar-refractivity contribution is 0.0630. The van der Waals surface area contributed by atoms with E-state index < -0.39 is 11.4 Å². The number of fused-ring (bicyclic) bond motifs is 2. The second-order valence-corrected chi connectivity index (χ2v) is 7.28. The van der Waals surface area contributed by atoms with Gasteiger partial charge in [-0.15, -0.1) is 0 Å². The summed E-state index contributed by atoms with van der Waals surface area (Å²) in [5.74, 6) is -0.218. The van der Waals surface area contributed by atoms with Crippen LogP contribution in [-0.2, 0) is 0 Å². The van der Waals surface area contributed by atoms with Crippen LogP contribution in [0.15, 0.2) is 54.9 Å². The topological polar surface area (TPSA) is 63.2 Å². The molecule has 2 N–H and O–H groups in total. The highest BCUT2D eigenvalue weighted by molar-refractivity contribution is 6.01. The molecule has 5 nitrogen and oxygen atoms in total. The van der Waals surface area contributed by atoms with Gasteiger partial charge < -0.3 is 15.4 Å². The minimum absolute atomic E-state index is 0.204. The van der Waals surface area contributed by atoms with E-state index in [9.17, 15) is 9.18 Å². The predicted molar refractivity (Wildman–Crippen MR) is 102 cm³/mol. The van der Waals surface area contributed by atoms with Crippen molar-refractivity contribution in [2.24, 2.45) is 0 Å². The number of carbonyl (C=O) groups is 1. The SMILES string of the molecule is CC1(C)C[C@@H](NC(=O)Nc2cccc3cnccc23)c2cccc(F)c2O1. The Balaban J connectivity index is 1.59. The average Bonchev–Trinajstić information content (AvgIpc) is 2.62. The number of nitrogens with one attached hydrogen (secondary N) is 2. The maximum atomic E-state index is 14.2. The first-order valence-electron chi connectivity index (χ1n) is 8.81. The van der Waals surface area contributed by atoms with Crippen molar-refractivity contribution in [1.29, 1.82) is 0 Å². The van der Waals surface area contributed by atoms with Crippen LogP contribution in [0.2, 0.25) is 0 Å². The molecular formula is C21H20FN3O2. The molecule has 2 amide bonds. The Morgan fingerprint density at radius 1 is 1.22 bits per heavy atom. The summed E-state index contributed by atoms with van der Waals surface area (Å²) in [6.07, 6.45) is 3.97. The number of hydrogen-bond acceptors (Lipinski definition) is 3. The smallest absolute Gasteiger partial charge is 0.319 e. The summed E-state index contributed by atoms with van der Waals surface area (Å²) in [4.78, 5) is 16.8. The Kier molecular flexibility index (Phi) is 4.18. The fourth-order valence-electron chi connectivity index (χ4n) is 3.50. The van der Waals surface area contributed by atoms with Crippen LogP contribution in [0, 0.1) is 5.82 Å². The van der Waals surface area contributed by atoms with E-state index in [1.165, 1.54) is 6.07 Å². The van der Waals surface area contributed by atoms with Gasteiger partial charge in [-0.1, -0.05) is 24.3 Å². The van der Waals surface area contributed by atoms with E-state index in [-0.39, 0.29) is 17.8 Å². The fourth-order valence-corrected chi connectivity index (χ4v) is 3.50. The van der Waals surface area contributed by atoms with Crippen LogP contribution in [0.5, 0.6) is 5.75 Å². The highest BCUT2D eigenvalue weighted by Crippen LogP contribution is 2.40. The van der Waals surface area contributed by atoms with Gasteiger partial charge in [0.2, 0.25) is 0 Å². The molecule has 0 radical (unpaired) electrons. The van der Waals surface area contributed by atoms with Crippen molar-refractivity contribution in [2.45, 2.75) is 31.9 Å². The molecule has 0 saturated carbocycles. The maximum absolute atomic E-state index is 14.2. The number of benzene rings is 2. The number of rotatable bonds is 2. The lowest BCUT2D eigenvalue weighted by Gasteiger charge is -2.37. The minimum Gasteiger partial charge on any atom is -0.484 e. The Hall–Kier alpha value is -3.15. The third kappa shape index (κ3) is 3.43. The van der Waals surface area contributed by atoms with E-state index in [1.54, 1.807) is 24.5 Å². The molecule has 1 aromatic heterocycles. The number of nitrogens with zero attached hydrogens (tertiary/aromatic N) is 1. The van der Waals surface area contributed by atoms with Crippen LogP contribution < -0.4 is 15.4 Å². The van der Waals surface area contributed by atoms with E-state index in [0.29, 0.717) is 17.7 Å². The number of urea groups is 1. The molecule has 0 bridgehead atoms. The van der Waals surface area contributed by atoms with Gasteiger partial charge in [0.25, 0.3) is 0 Å². The zero-order valence-corrected chi connectivity index (χ0v) is 15.1. The first-order valence-corrected chi connectivity index (χ1v) is 8.81. The monoisotopic (exact) mass is 365 g/mol. The molecular weight excluding hydrogens is 345 g/mol. The van der Waals surface area contributed by atoms with Crippen LogP contribution in [0.25, 0.3) is 10.8 Å². The molecule has 0 aliphatic carbocycles. The Morgan fingerprint density at radius 3 is 2.89 bits per heavy atom. The molecule has 2 heterocycles. The van der Waals surface area contributed by atoms with E-state index in [1.807, 2.05) is 38.1 Å². The summed E-state index contributed by atoms with van der Waals surface area (Å²) >= 11 is 0. The summed E-state index contributed by atoms with van der Waals surface area (Å²) in [5, 5.41) is 7.70. The number of pyridine rings is 1. The van der Waals surface area contributed by atoms with Gasteiger partial charge in [-0.2, -0.15) is 0 Å². The molecule has 0 fully saturated rings. The van der Waals surface area contributed by atoms with Gasteiger partial charge in [0.05, 0.1) is 11.7 Å². The highest BCUT2D eigenvalue weighted by atomic mass is 19.1. The van der Waals surface area contributed by atoms with Crippen molar-refractivity contribution in [2.75, 3.05) is 5.32 Å². The van der Waals surface area contributed by atoms with Gasteiger partial charge in [-0.25, -0.2) is 9.18 Å². The molecule has 4 rings (SSSR count). The van der Waals surface area contributed by atoms with Crippen molar-refractivity contribution >= 4 is 22.5 Å². The Labute approximate surface area is 156 Å². The molecule has 1 aliphatic heterocycles. The number of ether oxygens (including phenoxy) is 1. The molecule has 27 heavy (non-hydrogen) atoms. The van der Waals surface area contributed by atoms with E-state index >= 15 is 0 Å². The fraction of sp³-hybridized carbons (Fsp3) is 0.238. The molecule has 0 spiro atoms. The number of aromatic nitrogens is 1. The molecule has 3 aromatic rings. The lowest BCUT2D eigenvalue weighted by atomic mass is 9.89. The number of hydrogen-bond donors (Lipinski definition) is 2. The molecule has 138 valence electrons. The number of carbonyl (C=O) groups excluding carboxylic acids is 1. The third-order valence-corrected chi connectivity index (χ3v) is 4.68. The average molecular weight is 365 g/mol. The summed E-state index contributed by atoms with van der Waals surface area (Å²) in [6, 6.07) is 11.6. The van der Waals surface area contributed by atoms with E-state index in [2.05, 4.69) is 15.6 Å². The summed E-state index contributed by atoms with van der Waals surface area (Å²) < 4.78 is 20.0. The zero-order chi connectivity index (χ0) is 19.0. The summed E-state index contributed by atoms with van der Waals surface area (Å²) in [7, 11) is 0. The van der Waals surface area contributed by atoms with Crippen molar-refractivity contribution < 1.29 is 13.9 Å². The van der Waals surface area contributed by atoms with E-state index in [4.69, 9.17) is 4.74 Å². The van der Waals surface area contributed by atoms with Crippen LogP contribution in [0.3, 0.4) is 0 Å². The van der Waals surface area contributed by atoms with Crippen molar-refractivity contribution in [3.8, 4) is 5.75 Å². The molecule has 2 aromatic carbocycles. The molecule has 0 unspecified atom stereocenters. The highest BCUT2D eigenvalue weighted by Gasteiger charge is 2.36. The standard InChI is InChI=1S/C21H20FN3O2/c1-21(2)11-18(15-6-4-7-16(22)19(15)27-21)25-20(26)24-17-8-3-5-13-12-23-10-9-14(13)17/h3-10,12,18H,11H2,1-2H3,(H2,24,25,26)/t18-/m1/s1. The van der Waals surface area contributed by atoms with Crippen molar-refractivity contribution in [3.63, 3.8) is 0 Å². The molecule has 0 saturated heterocycles. The molecule has 6 heteroatoms. The van der Waals surface area contributed by atoms with Gasteiger partial charge >= 0.3 is 6.03 Å². The number of amides is 2. The lowest BCUT2D eigenvalue weighted by Crippen LogP contribution is -2.42. The van der Waals surface area contributed by atoms with Crippen LogP contribution in [0.1, 0.15) is 31.9 Å². The first kappa shape index (κ1) is 17.3. The summed E-state index contributed by atoms with van der Waals surface area (Å²) in [5.41, 5.74) is 0.753. The van der Waals surface area contributed by atoms with Gasteiger partial charge in [-0.05, 0) is 32.0 Å². The summed E-state index contributed by atoms with van der Waals surface area (Å²) in [6.45, 7) is 3.76. The van der Waals surface area contributed by atoms with Crippen molar-refractivity contribution in [1.82, 2.24) is 10.3 Å².